The lowest BCUT2D eigenvalue weighted by Gasteiger charge is -2.10. The number of pyridine rings is 1. The molecule has 0 atom stereocenters. The summed E-state index contributed by atoms with van der Waals surface area (Å²) in [6.07, 6.45) is 2.73. The summed E-state index contributed by atoms with van der Waals surface area (Å²) in [4.78, 5) is 15.7. The van der Waals surface area contributed by atoms with E-state index in [2.05, 4.69) is 17.2 Å². The first-order valence-electron chi connectivity index (χ1n) is 5.94. The summed E-state index contributed by atoms with van der Waals surface area (Å²) in [6, 6.07) is 3.94. The first kappa shape index (κ1) is 13.6. The van der Waals surface area contributed by atoms with E-state index in [0.29, 0.717) is 6.54 Å². The van der Waals surface area contributed by atoms with Crippen molar-refractivity contribution in [1.82, 2.24) is 10.3 Å². The summed E-state index contributed by atoms with van der Waals surface area (Å²) in [5.74, 6) is -0.105. The fourth-order valence-corrected chi connectivity index (χ4v) is 1.43. The van der Waals surface area contributed by atoms with Crippen molar-refractivity contribution in [2.75, 3.05) is 6.61 Å². The number of ether oxygens (including phenoxy) is 1. The number of amides is 1. The molecule has 4 nitrogen and oxygen atoms in total. The van der Waals surface area contributed by atoms with Gasteiger partial charge in [-0.15, -0.1) is 0 Å². The Bertz CT molecular complexity index is 364. The third-order valence-corrected chi connectivity index (χ3v) is 2.37. The van der Waals surface area contributed by atoms with Crippen LogP contribution in [0.4, 0.5) is 0 Å². The first-order chi connectivity index (χ1) is 8.13. The smallest absolute Gasteiger partial charge is 0.246 e. The minimum Gasteiger partial charge on any atom is -0.369 e. The molecule has 0 aliphatic heterocycles. The lowest BCUT2D eigenvalue weighted by atomic mass is 10.1. The molecule has 0 bridgehead atoms. The van der Waals surface area contributed by atoms with Gasteiger partial charge in [-0.3, -0.25) is 9.78 Å². The highest BCUT2D eigenvalue weighted by molar-refractivity contribution is 5.77. The molecule has 0 spiro atoms. The monoisotopic (exact) mass is 236 g/mol. The van der Waals surface area contributed by atoms with E-state index in [1.165, 1.54) is 0 Å². The molecule has 1 rings (SSSR count). The van der Waals surface area contributed by atoms with Crippen LogP contribution in [0.3, 0.4) is 0 Å². The van der Waals surface area contributed by atoms with Gasteiger partial charge in [-0.2, -0.15) is 0 Å². The zero-order chi connectivity index (χ0) is 12.7. The molecule has 0 unspecified atom stereocenters. The number of hydrogen-bond donors (Lipinski definition) is 1. The molecule has 1 heterocycles. The third-order valence-electron chi connectivity index (χ3n) is 2.37. The van der Waals surface area contributed by atoms with E-state index in [1.54, 1.807) is 6.20 Å². The van der Waals surface area contributed by atoms with Gasteiger partial charge in [0, 0.05) is 6.20 Å². The Kier molecular flexibility index (Phi) is 5.63. The van der Waals surface area contributed by atoms with Crippen molar-refractivity contribution in [2.24, 2.45) is 0 Å². The molecular weight excluding hydrogens is 216 g/mol. The molecule has 0 saturated heterocycles. The average Bonchev–Trinajstić information content (AvgIpc) is 2.34. The number of rotatable bonds is 6. The molecule has 1 N–H and O–H groups in total. The van der Waals surface area contributed by atoms with Gasteiger partial charge in [-0.05, 0) is 31.9 Å². The highest BCUT2D eigenvalue weighted by atomic mass is 16.5. The molecular formula is C13H20N2O2. The number of nitrogens with one attached hydrogen (secondary N) is 1. The highest BCUT2D eigenvalue weighted by Gasteiger charge is 2.05. The molecule has 1 amide bonds. The van der Waals surface area contributed by atoms with Crippen LogP contribution in [0.15, 0.2) is 18.3 Å². The number of carbonyl (C=O) groups is 1. The van der Waals surface area contributed by atoms with E-state index in [1.807, 2.05) is 26.0 Å². The minimum absolute atomic E-state index is 0.0711. The number of aryl methyl sites for hydroxylation is 1. The maximum Gasteiger partial charge on any atom is 0.246 e. The second-order valence-corrected chi connectivity index (χ2v) is 4.10. The van der Waals surface area contributed by atoms with Crippen molar-refractivity contribution in [3.05, 3.63) is 29.6 Å². The fraction of sp³-hybridized carbons (Fsp3) is 0.538. The summed E-state index contributed by atoms with van der Waals surface area (Å²) in [5.41, 5.74) is 2.09. The van der Waals surface area contributed by atoms with Crippen molar-refractivity contribution < 1.29 is 9.53 Å². The summed E-state index contributed by atoms with van der Waals surface area (Å²) < 4.78 is 5.22. The average molecular weight is 236 g/mol. The summed E-state index contributed by atoms with van der Waals surface area (Å²) >= 11 is 0. The van der Waals surface area contributed by atoms with E-state index in [-0.39, 0.29) is 18.6 Å². The van der Waals surface area contributed by atoms with E-state index in [4.69, 9.17) is 4.74 Å². The fourth-order valence-electron chi connectivity index (χ4n) is 1.43. The predicted molar refractivity (Wildman–Crippen MR) is 66.5 cm³/mol. The third kappa shape index (κ3) is 4.95. The topological polar surface area (TPSA) is 51.2 Å². The lowest BCUT2D eigenvalue weighted by molar-refractivity contribution is -0.127. The maximum absolute atomic E-state index is 11.5. The van der Waals surface area contributed by atoms with Gasteiger partial charge in [0.25, 0.3) is 0 Å². The zero-order valence-electron chi connectivity index (χ0n) is 10.7. The Morgan fingerprint density at radius 1 is 1.53 bits per heavy atom. The van der Waals surface area contributed by atoms with Crippen LogP contribution in [0.1, 0.15) is 32.0 Å². The van der Waals surface area contributed by atoms with Crippen molar-refractivity contribution in [2.45, 2.75) is 39.8 Å². The standard InChI is InChI=1S/C13H20N2O2/c1-4-11-6-5-7-14-12(11)8-15-13(16)9-17-10(2)3/h5-7,10H,4,8-9H2,1-3H3,(H,15,16). The normalized spacial score (nSPS) is 10.6. The van der Waals surface area contributed by atoms with Crippen molar-refractivity contribution in [1.29, 1.82) is 0 Å². The zero-order valence-corrected chi connectivity index (χ0v) is 10.7. The van der Waals surface area contributed by atoms with Crippen molar-refractivity contribution in [3.63, 3.8) is 0 Å². The van der Waals surface area contributed by atoms with Crippen molar-refractivity contribution >= 4 is 5.91 Å². The molecule has 4 heteroatoms. The van der Waals surface area contributed by atoms with Gasteiger partial charge in [0.05, 0.1) is 18.3 Å². The first-order valence-corrected chi connectivity index (χ1v) is 5.94. The lowest BCUT2D eigenvalue weighted by Crippen LogP contribution is -2.29. The Hall–Kier alpha value is -1.42. The SMILES string of the molecule is CCc1cccnc1CNC(=O)COC(C)C. The maximum atomic E-state index is 11.5. The van der Waals surface area contributed by atoms with E-state index in [0.717, 1.165) is 17.7 Å². The molecule has 1 aromatic rings. The van der Waals surface area contributed by atoms with Crippen LogP contribution in [0.2, 0.25) is 0 Å². The molecule has 17 heavy (non-hydrogen) atoms. The van der Waals surface area contributed by atoms with Crippen LogP contribution in [0, 0.1) is 0 Å². The van der Waals surface area contributed by atoms with Crippen molar-refractivity contribution in [3.8, 4) is 0 Å². The summed E-state index contributed by atoms with van der Waals surface area (Å²) in [5, 5.41) is 2.80. The van der Waals surface area contributed by atoms with Gasteiger partial charge in [-0.1, -0.05) is 13.0 Å². The van der Waals surface area contributed by atoms with E-state index < -0.39 is 0 Å². The van der Waals surface area contributed by atoms with Crippen LogP contribution in [-0.2, 0) is 22.5 Å². The Balaban J connectivity index is 2.42. The largest absolute Gasteiger partial charge is 0.369 e. The van der Waals surface area contributed by atoms with Gasteiger partial charge in [-0.25, -0.2) is 0 Å². The van der Waals surface area contributed by atoms with Gasteiger partial charge in [0.15, 0.2) is 0 Å². The second kappa shape index (κ2) is 7.01. The van der Waals surface area contributed by atoms with Crippen LogP contribution in [-0.4, -0.2) is 23.6 Å². The molecule has 0 aliphatic rings. The molecule has 0 saturated carbocycles. The summed E-state index contributed by atoms with van der Waals surface area (Å²) in [7, 11) is 0. The number of hydrogen-bond acceptors (Lipinski definition) is 3. The number of nitrogens with zero attached hydrogens (tertiary/aromatic N) is 1. The Morgan fingerprint density at radius 3 is 2.94 bits per heavy atom. The van der Waals surface area contributed by atoms with Gasteiger partial charge in [0.2, 0.25) is 5.91 Å². The van der Waals surface area contributed by atoms with Gasteiger partial charge >= 0.3 is 0 Å². The number of carbonyl (C=O) groups excluding carboxylic acids is 1. The molecule has 0 fully saturated rings. The summed E-state index contributed by atoms with van der Waals surface area (Å²) in [6.45, 7) is 6.45. The molecule has 0 aliphatic carbocycles. The van der Waals surface area contributed by atoms with E-state index >= 15 is 0 Å². The Morgan fingerprint density at radius 2 is 2.29 bits per heavy atom. The minimum atomic E-state index is -0.105. The predicted octanol–water partition coefficient (Wildman–Crippen LogP) is 1.69. The quantitative estimate of drug-likeness (QED) is 0.817. The molecule has 0 radical (unpaired) electrons. The Labute approximate surface area is 102 Å². The molecule has 94 valence electrons. The van der Waals surface area contributed by atoms with E-state index in [9.17, 15) is 4.79 Å². The van der Waals surface area contributed by atoms with Crippen LogP contribution in [0.25, 0.3) is 0 Å². The van der Waals surface area contributed by atoms with Gasteiger partial charge in [0.1, 0.15) is 6.61 Å². The van der Waals surface area contributed by atoms with Crippen LogP contribution >= 0.6 is 0 Å². The molecule has 1 aromatic heterocycles. The second-order valence-electron chi connectivity index (χ2n) is 4.10. The number of aromatic nitrogens is 1. The molecule has 0 aromatic carbocycles. The van der Waals surface area contributed by atoms with Gasteiger partial charge < -0.3 is 10.1 Å². The van der Waals surface area contributed by atoms with Crippen LogP contribution < -0.4 is 5.32 Å². The highest BCUT2D eigenvalue weighted by Crippen LogP contribution is 2.05. The van der Waals surface area contributed by atoms with Crippen LogP contribution in [0.5, 0.6) is 0 Å².